The molecule has 2 aromatic carbocycles. The van der Waals surface area contributed by atoms with Crippen molar-refractivity contribution in [3.63, 3.8) is 0 Å². The normalized spacial score (nSPS) is 13.8. The molecule has 0 saturated heterocycles. The Labute approximate surface area is 222 Å². The molecule has 1 aliphatic heterocycles. The molecule has 38 heavy (non-hydrogen) atoms. The number of ketones is 1. The summed E-state index contributed by atoms with van der Waals surface area (Å²) in [5, 5.41) is 5.12. The van der Waals surface area contributed by atoms with Crippen molar-refractivity contribution in [1.82, 2.24) is 5.32 Å². The summed E-state index contributed by atoms with van der Waals surface area (Å²) in [6.07, 6.45) is 6.19. The van der Waals surface area contributed by atoms with Gasteiger partial charge in [0.05, 0.1) is 31.0 Å². The van der Waals surface area contributed by atoms with Gasteiger partial charge in [-0.05, 0) is 82.7 Å². The fourth-order valence-electron chi connectivity index (χ4n) is 3.65. The second-order valence-corrected chi connectivity index (χ2v) is 10.2. The number of hydrogen-bond acceptors (Lipinski definition) is 7. The number of nitrogens with one attached hydrogen (secondary N) is 2. The summed E-state index contributed by atoms with van der Waals surface area (Å²) in [5.74, 6) is 0.781. The molecule has 2 N–H and O–H groups in total. The highest BCUT2D eigenvalue weighted by molar-refractivity contribution is 6.09. The minimum atomic E-state index is -0.696. The third kappa shape index (κ3) is 7.38. The van der Waals surface area contributed by atoms with Gasteiger partial charge in [0.1, 0.15) is 35.0 Å². The van der Waals surface area contributed by atoms with Crippen LogP contribution in [-0.2, 0) is 9.53 Å². The number of anilines is 1. The molecule has 0 spiro atoms. The number of rotatable bonds is 8. The Hall–Kier alpha value is -4.27. The largest absolute Gasteiger partial charge is 0.496 e. The molecule has 0 unspecified atom stereocenters. The molecular formula is C29H34N2O7. The molecular weight excluding hydrogens is 488 g/mol. The maximum atomic E-state index is 13.2. The summed E-state index contributed by atoms with van der Waals surface area (Å²) in [4.78, 5) is 37.4. The first kappa shape index (κ1) is 28.3. The fraction of sp³-hybridized carbons (Fsp3) is 0.345. The van der Waals surface area contributed by atoms with Crippen LogP contribution in [0.15, 0.2) is 42.5 Å². The van der Waals surface area contributed by atoms with Crippen LogP contribution in [-0.4, -0.2) is 49.8 Å². The van der Waals surface area contributed by atoms with Crippen LogP contribution in [0.3, 0.4) is 0 Å². The third-order valence-electron chi connectivity index (χ3n) is 5.37. The number of carbonyl (C=O) groups is 3. The molecule has 0 bridgehead atoms. The summed E-state index contributed by atoms with van der Waals surface area (Å²) in [5.41, 5.74) is 0.907. The Morgan fingerprint density at radius 1 is 1.03 bits per heavy atom. The van der Waals surface area contributed by atoms with Gasteiger partial charge in [0.15, 0.2) is 5.78 Å². The smallest absolute Gasteiger partial charge is 0.408 e. The average Bonchev–Trinajstić information content (AvgIpc) is 2.83. The lowest BCUT2D eigenvalue weighted by Crippen LogP contribution is -2.37. The number of fused-ring (bicyclic) bond motifs is 1. The maximum absolute atomic E-state index is 13.2. The molecule has 2 amide bonds. The first-order chi connectivity index (χ1) is 17.8. The Morgan fingerprint density at radius 3 is 2.37 bits per heavy atom. The minimum Gasteiger partial charge on any atom is -0.496 e. The van der Waals surface area contributed by atoms with Crippen molar-refractivity contribution in [2.75, 3.05) is 26.1 Å². The van der Waals surface area contributed by atoms with Crippen LogP contribution in [0.2, 0.25) is 0 Å². The van der Waals surface area contributed by atoms with Crippen molar-refractivity contribution in [3.05, 3.63) is 59.2 Å². The molecule has 1 aliphatic rings. The summed E-state index contributed by atoms with van der Waals surface area (Å²) >= 11 is 0. The number of methoxy groups -OCH3 is 2. The van der Waals surface area contributed by atoms with Gasteiger partial charge in [0, 0.05) is 0 Å². The zero-order valence-electron chi connectivity index (χ0n) is 22.8. The third-order valence-corrected chi connectivity index (χ3v) is 5.37. The number of ether oxygens (including phenoxy) is 4. The Bertz CT molecular complexity index is 1290. The lowest BCUT2D eigenvalue weighted by atomic mass is 9.97. The lowest BCUT2D eigenvalue weighted by Gasteiger charge is -2.29. The summed E-state index contributed by atoms with van der Waals surface area (Å²) < 4.78 is 22.0. The summed E-state index contributed by atoms with van der Waals surface area (Å²) in [6.45, 7) is 8.73. The number of carbonyl (C=O) groups excluding carboxylic acids is 3. The second-order valence-electron chi connectivity index (χ2n) is 10.2. The SMILES string of the molecule is COc1ccc(C=CC(=O)c2ccc(OC)c3c2OC(C)(C)C=C3)cc1NC(=O)CNC(=O)OC(C)(C)C. The van der Waals surface area contributed by atoms with E-state index in [0.29, 0.717) is 39.6 Å². The number of benzene rings is 2. The Kier molecular flexibility index (Phi) is 8.50. The molecule has 0 saturated carbocycles. The van der Waals surface area contributed by atoms with Crippen molar-refractivity contribution < 1.29 is 33.3 Å². The predicted molar refractivity (Wildman–Crippen MR) is 146 cm³/mol. The molecule has 0 atom stereocenters. The van der Waals surface area contributed by atoms with Crippen LogP contribution in [0, 0.1) is 0 Å². The van der Waals surface area contributed by atoms with E-state index in [0.717, 1.165) is 0 Å². The monoisotopic (exact) mass is 522 g/mol. The van der Waals surface area contributed by atoms with Crippen molar-refractivity contribution in [2.45, 2.75) is 45.8 Å². The van der Waals surface area contributed by atoms with E-state index in [9.17, 15) is 14.4 Å². The van der Waals surface area contributed by atoms with Crippen molar-refractivity contribution in [2.24, 2.45) is 0 Å². The van der Waals surface area contributed by atoms with E-state index in [1.165, 1.54) is 13.2 Å². The van der Waals surface area contributed by atoms with Gasteiger partial charge >= 0.3 is 6.09 Å². The van der Waals surface area contributed by atoms with Crippen molar-refractivity contribution >= 4 is 35.6 Å². The van der Waals surface area contributed by atoms with E-state index in [1.54, 1.807) is 64.3 Å². The van der Waals surface area contributed by atoms with Crippen LogP contribution in [0.1, 0.15) is 56.1 Å². The van der Waals surface area contributed by atoms with Gasteiger partial charge in [-0.3, -0.25) is 9.59 Å². The quantitative estimate of drug-likeness (QED) is 0.360. The van der Waals surface area contributed by atoms with Crippen LogP contribution in [0.5, 0.6) is 17.2 Å². The first-order valence-corrected chi connectivity index (χ1v) is 12.1. The molecule has 1 heterocycles. The van der Waals surface area contributed by atoms with E-state index in [1.807, 2.05) is 26.0 Å². The zero-order chi connectivity index (χ0) is 28.1. The van der Waals surface area contributed by atoms with Gasteiger partial charge in [0.25, 0.3) is 0 Å². The van der Waals surface area contributed by atoms with E-state index in [4.69, 9.17) is 18.9 Å². The minimum absolute atomic E-state index is 0.252. The molecule has 9 nitrogen and oxygen atoms in total. The second kappa shape index (κ2) is 11.4. The Balaban J connectivity index is 1.76. The maximum Gasteiger partial charge on any atom is 0.408 e. The van der Waals surface area contributed by atoms with Gasteiger partial charge in [-0.15, -0.1) is 0 Å². The highest BCUT2D eigenvalue weighted by Gasteiger charge is 2.27. The van der Waals surface area contributed by atoms with Gasteiger partial charge in [-0.1, -0.05) is 12.1 Å². The summed E-state index contributed by atoms with van der Waals surface area (Å²) in [7, 11) is 3.05. The molecule has 2 aromatic rings. The molecule has 0 radical (unpaired) electrons. The fourth-order valence-corrected chi connectivity index (χ4v) is 3.65. The Morgan fingerprint density at radius 2 is 1.71 bits per heavy atom. The van der Waals surface area contributed by atoms with Crippen LogP contribution >= 0.6 is 0 Å². The van der Waals surface area contributed by atoms with Gasteiger partial charge in [0.2, 0.25) is 5.91 Å². The van der Waals surface area contributed by atoms with Gasteiger partial charge < -0.3 is 29.6 Å². The zero-order valence-corrected chi connectivity index (χ0v) is 22.8. The molecule has 202 valence electrons. The molecule has 0 fully saturated rings. The van der Waals surface area contributed by atoms with Crippen LogP contribution in [0.25, 0.3) is 12.2 Å². The van der Waals surface area contributed by atoms with E-state index < -0.39 is 23.2 Å². The number of amides is 2. The van der Waals surface area contributed by atoms with Gasteiger partial charge in [-0.2, -0.15) is 0 Å². The van der Waals surface area contributed by atoms with Crippen molar-refractivity contribution in [3.8, 4) is 17.2 Å². The molecule has 9 heteroatoms. The standard InChI is InChI=1S/C29H34N2O7/c1-28(2,3)38-27(34)30-17-25(33)31-21-16-18(9-12-24(21)36-7)8-11-22(32)19-10-13-23(35-6)20-14-15-29(4,5)37-26(19)20/h8-16H,17H2,1-7H3,(H,30,34)(H,31,33). The van der Waals surface area contributed by atoms with Crippen LogP contribution in [0.4, 0.5) is 10.5 Å². The summed E-state index contributed by atoms with van der Waals surface area (Å²) in [6, 6.07) is 8.50. The molecule has 0 aliphatic carbocycles. The predicted octanol–water partition coefficient (Wildman–Crippen LogP) is 5.25. The number of alkyl carbamates (subject to hydrolysis) is 1. The molecule has 0 aromatic heterocycles. The number of hydrogen-bond donors (Lipinski definition) is 2. The van der Waals surface area contributed by atoms with Gasteiger partial charge in [-0.25, -0.2) is 4.79 Å². The average molecular weight is 523 g/mol. The van der Waals surface area contributed by atoms with E-state index in [-0.39, 0.29) is 12.3 Å². The highest BCUT2D eigenvalue weighted by Crippen LogP contribution is 2.40. The van der Waals surface area contributed by atoms with E-state index >= 15 is 0 Å². The molecule has 3 rings (SSSR count). The highest BCUT2D eigenvalue weighted by atomic mass is 16.6. The number of allylic oxidation sites excluding steroid dienone is 1. The first-order valence-electron chi connectivity index (χ1n) is 12.1. The topological polar surface area (TPSA) is 112 Å². The van der Waals surface area contributed by atoms with Crippen molar-refractivity contribution in [1.29, 1.82) is 0 Å². The van der Waals surface area contributed by atoms with E-state index in [2.05, 4.69) is 10.6 Å². The van der Waals surface area contributed by atoms with Crippen LogP contribution < -0.4 is 24.8 Å². The lowest BCUT2D eigenvalue weighted by molar-refractivity contribution is -0.115.